The first-order valence-electron chi connectivity index (χ1n) is 8.79. The lowest BCUT2D eigenvalue weighted by Crippen LogP contribution is -2.13. The topological polar surface area (TPSA) is 86.7 Å². The Morgan fingerprint density at radius 3 is 1.74 bits per heavy atom. The largest absolute Gasteiger partial charge is 0.386 e. The summed E-state index contributed by atoms with van der Waals surface area (Å²) < 4.78 is 9.73. The average Bonchev–Trinajstić information content (AvgIpc) is 3.09. The molecule has 4 bridgehead atoms. The molecule has 1 atom stereocenters. The van der Waals surface area contributed by atoms with Crippen molar-refractivity contribution in [3.8, 4) is 0 Å². The van der Waals surface area contributed by atoms with Crippen LogP contribution in [0.1, 0.15) is 76.5 Å². The van der Waals surface area contributed by atoms with Gasteiger partial charge in [-0.15, -0.1) is 0 Å². The summed E-state index contributed by atoms with van der Waals surface area (Å²) in [5.74, 6) is -2.64. The predicted molar refractivity (Wildman–Crippen MR) is 91.9 cm³/mol. The third-order valence-electron chi connectivity index (χ3n) is 5.61. The lowest BCUT2D eigenvalue weighted by atomic mass is 9.82. The molecule has 2 heterocycles. The SMILES string of the molecule is C[C@@H]1Cc2ccc(c3c2C(=O)OC3=O)CCc2ccc1c1c2C(=O)OC1=O. The van der Waals surface area contributed by atoms with Gasteiger partial charge in [-0.2, -0.15) is 0 Å². The van der Waals surface area contributed by atoms with Crippen LogP contribution in [0.25, 0.3) is 0 Å². The molecule has 0 radical (unpaired) electrons. The molecule has 6 heteroatoms. The van der Waals surface area contributed by atoms with Gasteiger partial charge in [0.05, 0.1) is 22.3 Å². The third-order valence-corrected chi connectivity index (χ3v) is 5.61. The molecule has 0 aromatic heterocycles. The second-order valence-electron chi connectivity index (χ2n) is 7.16. The molecule has 0 saturated heterocycles. The first-order valence-corrected chi connectivity index (χ1v) is 8.79. The number of fused-ring (bicyclic) bond motifs is 12. The highest BCUT2D eigenvalue weighted by atomic mass is 16.6. The van der Waals surface area contributed by atoms with Crippen LogP contribution >= 0.6 is 0 Å². The number of carbonyl (C=O) groups excluding carboxylic acids is 4. The van der Waals surface area contributed by atoms with Crippen LogP contribution in [0.15, 0.2) is 24.3 Å². The zero-order valence-electron chi connectivity index (χ0n) is 14.5. The number of hydrogen-bond donors (Lipinski definition) is 0. The van der Waals surface area contributed by atoms with E-state index in [1.165, 1.54) is 0 Å². The normalized spacial score (nSPS) is 20.1. The van der Waals surface area contributed by atoms with E-state index in [0.717, 1.165) is 0 Å². The smallest absolute Gasteiger partial charge is 0.347 e. The molecule has 0 N–H and O–H groups in total. The van der Waals surface area contributed by atoms with Gasteiger partial charge in [0, 0.05) is 0 Å². The van der Waals surface area contributed by atoms with Gasteiger partial charge in [-0.1, -0.05) is 31.2 Å². The van der Waals surface area contributed by atoms with Crippen molar-refractivity contribution < 1.29 is 28.7 Å². The number of esters is 4. The molecule has 0 saturated carbocycles. The van der Waals surface area contributed by atoms with E-state index < -0.39 is 23.9 Å². The molecule has 134 valence electrons. The van der Waals surface area contributed by atoms with Crippen LogP contribution < -0.4 is 0 Å². The van der Waals surface area contributed by atoms with Crippen molar-refractivity contribution in [3.05, 3.63) is 68.8 Å². The molecule has 5 rings (SSSR count). The predicted octanol–water partition coefficient (Wildman–Crippen LogP) is 2.75. The van der Waals surface area contributed by atoms with Crippen LogP contribution in [-0.4, -0.2) is 23.9 Å². The van der Waals surface area contributed by atoms with Crippen molar-refractivity contribution >= 4 is 23.9 Å². The summed E-state index contributed by atoms with van der Waals surface area (Å²) in [4.78, 5) is 49.0. The maximum absolute atomic E-state index is 12.3. The van der Waals surface area contributed by atoms with Gasteiger partial charge in [-0.25, -0.2) is 19.2 Å². The Labute approximate surface area is 154 Å². The molecule has 27 heavy (non-hydrogen) atoms. The Hall–Kier alpha value is -3.28. The van der Waals surface area contributed by atoms with Gasteiger partial charge >= 0.3 is 23.9 Å². The number of ether oxygens (including phenoxy) is 2. The van der Waals surface area contributed by atoms with Crippen molar-refractivity contribution in [3.63, 3.8) is 0 Å². The molecule has 2 aromatic rings. The lowest BCUT2D eigenvalue weighted by molar-refractivity contribution is 0.0424. The number of carbonyl (C=O) groups is 4. The van der Waals surface area contributed by atoms with Crippen LogP contribution in [0.4, 0.5) is 0 Å². The Morgan fingerprint density at radius 1 is 0.667 bits per heavy atom. The molecule has 0 amide bonds. The maximum atomic E-state index is 12.3. The van der Waals surface area contributed by atoms with Crippen molar-refractivity contribution in [2.45, 2.75) is 32.1 Å². The van der Waals surface area contributed by atoms with Crippen LogP contribution in [-0.2, 0) is 28.7 Å². The van der Waals surface area contributed by atoms with Crippen molar-refractivity contribution in [2.75, 3.05) is 0 Å². The summed E-state index contributed by atoms with van der Waals surface area (Å²) in [6, 6.07) is 7.40. The number of hydrogen-bond acceptors (Lipinski definition) is 6. The fraction of sp³-hybridized carbons (Fsp3) is 0.238. The van der Waals surface area contributed by atoms with E-state index in [1.807, 2.05) is 31.2 Å². The molecule has 3 aliphatic rings. The van der Waals surface area contributed by atoms with Gasteiger partial charge in [-0.05, 0) is 47.4 Å². The summed E-state index contributed by atoms with van der Waals surface area (Å²) in [6.45, 7) is 1.92. The van der Waals surface area contributed by atoms with Crippen molar-refractivity contribution in [2.24, 2.45) is 0 Å². The summed E-state index contributed by atoms with van der Waals surface area (Å²) in [5.41, 5.74) is 4.13. The van der Waals surface area contributed by atoms with E-state index >= 15 is 0 Å². The van der Waals surface area contributed by atoms with Crippen molar-refractivity contribution in [1.29, 1.82) is 0 Å². The van der Waals surface area contributed by atoms with E-state index in [-0.39, 0.29) is 5.92 Å². The Balaban J connectivity index is 1.75. The molecule has 6 nitrogen and oxygen atoms in total. The Bertz CT molecular complexity index is 1090. The highest BCUT2D eigenvalue weighted by Gasteiger charge is 2.38. The van der Waals surface area contributed by atoms with Gasteiger partial charge in [0.25, 0.3) is 0 Å². The number of benzene rings is 2. The Kier molecular flexibility index (Phi) is 3.16. The maximum Gasteiger partial charge on any atom is 0.347 e. The van der Waals surface area contributed by atoms with Crippen LogP contribution in [0.2, 0.25) is 0 Å². The van der Waals surface area contributed by atoms with Gasteiger partial charge < -0.3 is 9.47 Å². The molecule has 0 fully saturated rings. The van der Waals surface area contributed by atoms with E-state index in [9.17, 15) is 19.2 Å². The molecular formula is C21H14O6. The number of cyclic esters (lactones) is 4. The summed E-state index contributed by atoms with van der Waals surface area (Å²) in [6.07, 6.45) is 1.30. The fourth-order valence-corrected chi connectivity index (χ4v) is 4.35. The Morgan fingerprint density at radius 2 is 1.11 bits per heavy atom. The van der Waals surface area contributed by atoms with E-state index in [4.69, 9.17) is 9.47 Å². The second-order valence-corrected chi connectivity index (χ2v) is 7.16. The third kappa shape index (κ3) is 2.13. The van der Waals surface area contributed by atoms with Crippen LogP contribution in [0.3, 0.4) is 0 Å². The van der Waals surface area contributed by atoms with E-state index in [2.05, 4.69) is 0 Å². The van der Waals surface area contributed by atoms with E-state index in [0.29, 0.717) is 63.8 Å². The molecular weight excluding hydrogens is 348 g/mol. The fourth-order valence-electron chi connectivity index (χ4n) is 4.35. The van der Waals surface area contributed by atoms with Gasteiger partial charge in [0.2, 0.25) is 0 Å². The molecule has 2 aliphatic heterocycles. The first-order chi connectivity index (χ1) is 13.0. The quantitative estimate of drug-likeness (QED) is 0.529. The minimum atomic E-state index is -0.621. The molecule has 0 unspecified atom stereocenters. The summed E-state index contributed by atoms with van der Waals surface area (Å²) >= 11 is 0. The van der Waals surface area contributed by atoms with Gasteiger partial charge in [0.15, 0.2) is 0 Å². The van der Waals surface area contributed by atoms with Crippen LogP contribution in [0, 0.1) is 0 Å². The van der Waals surface area contributed by atoms with Gasteiger partial charge in [-0.3, -0.25) is 0 Å². The van der Waals surface area contributed by atoms with Gasteiger partial charge in [0.1, 0.15) is 0 Å². The summed E-state index contributed by atoms with van der Waals surface area (Å²) in [7, 11) is 0. The minimum Gasteiger partial charge on any atom is -0.386 e. The zero-order valence-corrected chi connectivity index (χ0v) is 14.5. The average molecular weight is 362 g/mol. The number of rotatable bonds is 0. The molecule has 0 spiro atoms. The highest BCUT2D eigenvalue weighted by Crippen LogP contribution is 2.37. The highest BCUT2D eigenvalue weighted by molar-refractivity contribution is 6.17. The van der Waals surface area contributed by atoms with Crippen molar-refractivity contribution in [1.82, 2.24) is 0 Å². The second kappa shape index (κ2) is 5.36. The van der Waals surface area contributed by atoms with E-state index in [1.54, 1.807) is 0 Å². The lowest BCUT2D eigenvalue weighted by Gasteiger charge is -2.19. The summed E-state index contributed by atoms with van der Waals surface area (Å²) in [5, 5.41) is 0. The number of aryl methyl sites for hydroxylation is 2. The zero-order chi connectivity index (χ0) is 18.9. The standard InChI is InChI=1S/C21H14O6/c1-9-8-12-5-4-10(14-16(12)20(24)26-18(14)22)2-3-11-6-7-13(9)17-15(11)19(23)27-21(17)25/h4-7,9H,2-3,8H2,1H3/t9-/m1/s1. The minimum absolute atomic E-state index is 0.163. The molecule has 2 aromatic carbocycles. The molecule has 1 aliphatic carbocycles. The van der Waals surface area contributed by atoms with Crippen LogP contribution in [0.5, 0.6) is 0 Å². The first kappa shape index (κ1) is 15.9. The monoisotopic (exact) mass is 362 g/mol.